The van der Waals surface area contributed by atoms with Gasteiger partial charge in [0.15, 0.2) is 5.11 Å². The third-order valence-electron chi connectivity index (χ3n) is 3.73. The summed E-state index contributed by atoms with van der Waals surface area (Å²) in [6.45, 7) is 11.3. The third-order valence-corrected chi connectivity index (χ3v) is 3.98. The van der Waals surface area contributed by atoms with Gasteiger partial charge in [-0.1, -0.05) is 32.0 Å². The van der Waals surface area contributed by atoms with Gasteiger partial charge in [0.2, 0.25) is 0 Å². The first-order valence-electron chi connectivity index (χ1n) is 7.99. The Morgan fingerprint density at radius 3 is 2.91 bits per heavy atom. The highest BCUT2D eigenvalue weighted by Crippen LogP contribution is 2.13. The first kappa shape index (κ1) is 17.2. The van der Waals surface area contributed by atoms with Gasteiger partial charge in [0.05, 0.1) is 12.7 Å². The SMILES string of the molecule is Cc1ccccc1NC(=S)NC[C@H]1CN(CC(C)C)CCO1. The zero-order chi connectivity index (χ0) is 15.9. The van der Waals surface area contributed by atoms with Gasteiger partial charge in [-0.2, -0.15) is 0 Å². The fourth-order valence-electron chi connectivity index (χ4n) is 2.67. The number of aryl methyl sites for hydroxylation is 1. The molecule has 0 unspecified atom stereocenters. The number of rotatable bonds is 5. The number of hydrogen-bond acceptors (Lipinski definition) is 3. The molecule has 0 amide bonds. The van der Waals surface area contributed by atoms with Crippen molar-refractivity contribution in [2.45, 2.75) is 26.9 Å². The lowest BCUT2D eigenvalue weighted by molar-refractivity contribution is -0.0283. The fourth-order valence-corrected chi connectivity index (χ4v) is 2.87. The summed E-state index contributed by atoms with van der Waals surface area (Å²) in [6, 6.07) is 8.13. The highest BCUT2D eigenvalue weighted by molar-refractivity contribution is 7.80. The van der Waals surface area contributed by atoms with Crippen LogP contribution >= 0.6 is 12.2 Å². The number of nitrogens with zero attached hydrogens (tertiary/aromatic N) is 1. The van der Waals surface area contributed by atoms with E-state index in [9.17, 15) is 0 Å². The number of nitrogens with one attached hydrogen (secondary N) is 2. The highest BCUT2D eigenvalue weighted by atomic mass is 32.1. The largest absolute Gasteiger partial charge is 0.374 e. The Kier molecular flexibility index (Phi) is 6.61. The summed E-state index contributed by atoms with van der Waals surface area (Å²) < 4.78 is 5.82. The average molecular weight is 321 g/mol. The lowest BCUT2D eigenvalue weighted by Gasteiger charge is -2.34. The van der Waals surface area contributed by atoms with Gasteiger partial charge in [-0.25, -0.2) is 0 Å². The second-order valence-electron chi connectivity index (χ2n) is 6.30. The monoisotopic (exact) mass is 321 g/mol. The summed E-state index contributed by atoms with van der Waals surface area (Å²) in [5.74, 6) is 0.690. The Morgan fingerprint density at radius 2 is 2.18 bits per heavy atom. The van der Waals surface area contributed by atoms with Crippen LogP contribution < -0.4 is 10.6 Å². The van der Waals surface area contributed by atoms with Crippen molar-refractivity contribution in [1.29, 1.82) is 0 Å². The van der Waals surface area contributed by atoms with Crippen molar-refractivity contribution in [3.63, 3.8) is 0 Å². The van der Waals surface area contributed by atoms with Crippen LogP contribution in [-0.2, 0) is 4.74 Å². The Morgan fingerprint density at radius 1 is 1.41 bits per heavy atom. The Balaban J connectivity index is 1.75. The first-order valence-corrected chi connectivity index (χ1v) is 8.40. The molecular formula is C17H27N3OS. The summed E-state index contributed by atoms with van der Waals surface area (Å²) in [6.07, 6.45) is 0.198. The molecule has 22 heavy (non-hydrogen) atoms. The van der Waals surface area contributed by atoms with Crippen molar-refractivity contribution < 1.29 is 4.74 Å². The lowest BCUT2D eigenvalue weighted by atomic mass is 10.2. The molecule has 5 heteroatoms. The molecule has 2 N–H and O–H groups in total. The molecule has 4 nitrogen and oxygen atoms in total. The minimum Gasteiger partial charge on any atom is -0.374 e. The van der Waals surface area contributed by atoms with Crippen molar-refractivity contribution in [1.82, 2.24) is 10.2 Å². The van der Waals surface area contributed by atoms with Gasteiger partial charge in [0, 0.05) is 31.9 Å². The van der Waals surface area contributed by atoms with Crippen LogP contribution in [0.2, 0.25) is 0 Å². The van der Waals surface area contributed by atoms with Crippen LogP contribution in [0.1, 0.15) is 19.4 Å². The smallest absolute Gasteiger partial charge is 0.170 e. The van der Waals surface area contributed by atoms with Crippen molar-refractivity contribution in [3.8, 4) is 0 Å². The van der Waals surface area contributed by atoms with Crippen LogP contribution in [0.25, 0.3) is 0 Å². The first-order chi connectivity index (χ1) is 10.5. The van der Waals surface area contributed by atoms with Crippen LogP contribution in [0.3, 0.4) is 0 Å². The van der Waals surface area contributed by atoms with Crippen LogP contribution in [0, 0.1) is 12.8 Å². The third kappa shape index (κ3) is 5.55. The molecule has 0 spiro atoms. The van der Waals surface area contributed by atoms with Crippen molar-refractivity contribution in [3.05, 3.63) is 29.8 Å². The summed E-state index contributed by atoms with van der Waals surface area (Å²) in [5, 5.41) is 7.17. The number of anilines is 1. The number of hydrogen-bond donors (Lipinski definition) is 2. The number of morpholine rings is 1. The number of ether oxygens (including phenoxy) is 1. The van der Waals surface area contributed by atoms with Gasteiger partial charge in [-0.15, -0.1) is 0 Å². The maximum absolute atomic E-state index is 5.82. The van der Waals surface area contributed by atoms with Crippen molar-refractivity contribution >= 4 is 23.0 Å². The van der Waals surface area contributed by atoms with E-state index in [1.54, 1.807) is 0 Å². The maximum Gasteiger partial charge on any atom is 0.170 e. The molecule has 2 rings (SSSR count). The summed E-state index contributed by atoms with van der Waals surface area (Å²) in [4.78, 5) is 2.47. The van der Waals surface area contributed by atoms with E-state index in [2.05, 4.69) is 42.4 Å². The highest BCUT2D eigenvalue weighted by Gasteiger charge is 2.20. The molecule has 1 aliphatic rings. The van der Waals surface area contributed by atoms with Gasteiger partial charge in [-0.05, 0) is 36.7 Å². The molecule has 0 aliphatic carbocycles. The quantitative estimate of drug-likeness (QED) is 0.816. The zero-order valence-electron chi connectivity index (χ0n) is 13.8. The van der Waals surface area contributed by atoms with Crippen LogP contribution in [-0.4, -0.2) is 48.9 Å². The fraction of sp³-hybridized carbons (Fsp3) is 0.588. The van der Waals surface area contributed by atoms with Crippen LogP contribution in [0.15, 0.2) is 24.3 Å². The lowest BCUT2D eigenvalue weighted by Crippen LogP contribution is -2.48. The second kappa shape index (κ2) is 8.46. The van der Waals surface area contributed by atoms with Gasteiger partial charge in [0.1, 0.15) is 0 Å². The van der Waals surface area contributed by atoms with Crippen molar-refractivity contribution in [2.75, 3.05) is 38.1 Å². The van der Waals surface area contributed by atoms with E-state index in [0.717, 1.165) is 38.5 Å². The molecule has 122 valence electrons. The van der Waals surface area contributed by atoms with Gasteiger partial charge >= 0.3 is 0 Å². The molecule has 1 fully saturated rings. The number of thiocarbonyl (C=S) groups is 1. The molecule has 0 aromatic heterocycles. The molecule has 0 radical (unpaired) electrons. The van der Waals surface area contributed by atoms with Gasteiger partial charge in [0.25, 0.3) is 0 Å². The molecule has 1 aromatic carbocycles. The molecule has 1 aliphatic heterocycles. The van der Waals surface area contributed by atoms with Gasteiger partial charge in [-0.3, -0.25) is 4.90 Å². The average Bonchev–Trinajstić information content (AvgIpc) is 2.47. The van der Waals surface area contributed by atoms with Crippen molar-refractivity contribution in [2.24, 2.45) is 5.92 Å². The number of benzene rings is 1. The normalized spacial score (nSPS) is 19.2. The minimum atomic E-state index is 0.198. The molecule has 1 saturated heterocycles. The van der Waals surface area contributed by atoms with Crippen LogP contribution in [0.5, 0.6) is 0 Å². The van der Waals surface area contributed by atoms with Crippen LogP contribution in [0.4, 0.5) is 5.69 Å². The Hall–Kier alpha value is -1.17. The Labute approximate surface area is 139 Å². The predicted octanol–water partition coefficient (Wildman–Crippen LogP) is 2.64. The second-order valence-corrected chi connectivity index (χ2v) is 6.70. The van der Waals surface area contributed by atoms with E-state index in [1.807, 2.05) is 18.2 Å². The maximum atomic E-state index is 5.82. The minimum absolute atomic E-state index is 0.198. The van der Waals surface area contributed by atoms with E-state index < -0.39 is 0 Å². The van der Waals surface area contributed by atoms with E-state index in [4.69, 9.17) is 17.0 Å². The van der Waals surface area contributed by atoms with Gasteiger partial charge < -0.3 is 15.4 Å². The summed E-state index contributed by atoms with van der Waals surface area (Å²) in [5.41, 5.74) is 2.23. The molecule has 0 bridgehead atoms. The zero-order valence-corrected chi connectivity index (χ0v) is 14.6. The predicted molar refractivity (Wildman–Crippen MR) is 96.4 cm³/mol. The Bertz CT molecular complexity index is 493. The van der Waals surface area contributed by atoms with E-state index >= 15 is 0 Å². The van der Waals surface area contributed by atoms with E-state index in [1.165, 1.54) is 5.56 Å². The molecule has 1 aromatic rings. The van der Waals surface area contributed by atoms with E-state index in [0.29, 0.717) is 11.0 Å². The number of para-hydroxylation sites is 1. The standard InChI is InChI=1S/C17H27N3OS/c1-13(2)11-20-8-9-21-15(12-20)10-18-17(22)19-16-7-5-4-6-14(16)3/h4-7,13,15H,8-12H2,1-3H3,(H2,18,19,22)/t15-/m0/s1. The summed E-state index contributed by atoms with van der Waals surface area (Å²) >= 11 is 5.37. The van der Waals surface area contributed by atoms with E-state index in [-0.39, 0.29) is 6.10 Å². The summed E-state index contributed by atoms with van der Waals surface area (Å²) in [7, 11) is 0. The molecule has 0 saturated carbocycles. The molecule has 1 atom stereocenters. The molecular weight excluding hydrogens is 294 g/mol. The molecule has 1 heterocycles. The topological polar surface area (TPSA) is 36.5 Å².